The van der Waals surface area contributed by atoms with Gasteiger partial charge in [0.25, 0.3) is 0 Å². The second-order valence-electron chi connectivity index (χ2n) is 10.3. The van der Waals surface area contributed by atoms with E-state index in [1.807, 2.05) is 18.2 Å². The lowest BCUT2D eigenvalue weighted by Crippen LogP contribution is -2.55. The van der Waals surface area contributed by atoms with Gasteiger partial charge in [0.05, 0.1) is 5.69 Å². The van der Waals surface area contributed by atoms with Crippen LogP contribution in [0.4, 0.5) is 5.69 Å². The normalized spacial score (nSPS) is 19.2. The van der Waals surface area contributed by atoms with Gasteiger partial charge in [0.1, 0.15) is 17.8 Å². The van der Waals surface area contributed by atoms with E-state index < -0.39 is 31.7 Å². The molecule has 41 heavy (non-hydrogen) atoms. The predicted molar refractivity (Wildman–Crippen MR) is 150 cm³/mol. The van der Waals surface area contributed by atoms with Crippen LogP contribution in [-0.2, 0) is 36.6 Å². The lowest BCUT2D eigenvalue weighted by atomic mass is 10.0. The van der Waals surface area contributed by atoms with E-state index in [9.17, 15) is 23.7 Å². The fourth-order valence-electron chi connectivity index (χ4n) is 5.15. The molecular formula is C28H33N4O8P. The van der Waals surface area contributed by atoms with Gasteiger partial charge in [-0.15, -0.1) is 0 Å². The van der Waals surface area contributed by atoms with Crippen LogP contribution in [-0.4, -0.2) is 51.5 Å². The van der Waals surface area contributed by atoms with Crippen molar-refractivity contribution in [3.8, 4) is 5.75 Å². The zero-order valence-electron chi connectivity index (χ0n) is 22.7. The topological polar surface area (TPSA) is 188 Å². The first kappa shape index (κ1) is 30.0. The molecule has 0 unspecified atom stereocenters. The van der Waals surface area contributed by atoms with Crippen LogP contribution in [0.2, 0.25) is 0 Å². The number of anilines is 1. The summed E-state index contributed by atoms with van der Waals surface area (Å²) in [6.45, 7) is 3.46. The molecule has 0 saturated carbocycles. The van der Waals surface area contributed by atoms with E-state index in [1.54, 1.807) is 26.0 Å². The number of aryl methyl sites for hydroxylation is 1. The Labute approximate surface area is 237 Å². The van der Waals surface area contributed by atoms with E-state index in [2.05, 4.69) is 15.2 Å². The number of nitrogens with two attached hydrogens (primary N) is 1. The first-order valence-electron chi connectivity index (χ1n) is 13.2. The van der Waals surface area contributed by atoms with E-state index in [1.165, 1.54) is 23.1 Å². The molecule has 4 rings (SSSR count). The van der Waals surface area contributed by atoms with E-state index in [0.29, 0.717) is 42.5 Å². The van der Waals surface area contributed by atoms with Gasteiger partial charge < -0.3 is 20.9 Å². The van der Waals surface area contributed by atoms with Crippen molar-refractivity contribution in [2.75, 3.05) is 4.90 Å². The number of phosphoric ester groups is 1. The third-order valence-corrected chi connectivity index (χ3v) is 7.57. The highest BCUT2D eigenvalue weighted by molar-refractivity contribution is 7.46. The van der Waals surface area contributed by atoms with Gasteiger partial charge in [0.2, 0.25) is 23.6 Å². The van der Waals surface area contributed by atoms with Crippen molar-refractivity contribution < 1.29 is 38.1 Å². The van der Waals surface area contributed by atoms with Crippen LogP contribution in [0.1, 0.15) is 49.8 Å². The Kier molecular flexibility index (Phi) is 8.96. The van der Waals surface area contributed by atoms with Gasteiger partial charge in [-0.1, -0.05) is 30.3 Å². The molecule has 13 heteroatoms. The first-order valence-corrected chi connectivity index (χ1v) is 14.7. The monoisotopic (exact) mass is 584 g/mol. The number of hydrogen-bond acceptors (Lipinski definition) is 6. The molecule has 0 radical (unpaired) electrons. The Morgan fingerprint density at radius 1 is 1.17 bits per heavy atom. The van der Waals surface area contributed by atoms with E-state index in [4.69, 9.17) is 15.5 Å². The summed E-state index contributed by atoms with van der Waals surface area (Å²) in [5.41, 5.74) is 8.92. The van der Waals surface area contributed by atoms with E-state index in [0.717, 1.165) is 11.1 Å². The molecule has 0 saturated heterocycles. The van der Waals surface area contributed by atoms with Crippen LogP contribution < -0.4 is 25.8 Å². The van der Waals surface area contributed by atoms with Gasteiger partial charge in [0, 0.05) is 25.0 Å². The Bertz CT molecular complexity index is 1440. The fraction of sp³-hybridized carbons (Fsp3) is 0.357. The van der Waals surface area contributed by atoms with Gasteiger partial charge in [-0.3, -0.25) is 33.9 Å². The molecule has 2 heterocycles. The van der Waals surface area contributed by atoms with Crippen LogP contribution in [0.3, 0.4) is 0 Å². The number of rotatable bonds is 10. The molecule has 2 aliphatic rings. The highest BCUT2D eigenvalue weighted by Gasteiger charge is 2.44. The van der Waals surface area contributed by atoms with Gasteiger partial charge >= 0.3 is 7.82 Å². The molecule has 4 amide bonds. The standard InChI is InChI=1S/C28H33N4O8P/c1-16(18-7-10-21(11-8-18)40-41(37,38)39)14-25(34)31-22-12-9-19-4-3-5-20-15-23(32(26(19)20)28(22)36)27(35)30-17(2)6-13-24(29)33/h3-5,7-8,10-11,14,17,22-23H,6,9,12-13,15H2,1-2H3,(H2,29,33)(H,30,35)(H,31,34)(H2,37,38,39)/b16-14+/t17-,22+,23+/m1/s1. The Morgan fingerprint density at radius 2 is 1.85 bits per heavy atom. The zero-order chi connectivity index (χ0) is 29.9. The molecule has 2 aliphatic heterocycles. The number of carbonyl (C=O) groups excluding carboxylic acids is 4. The van der Waals surface area contributed by atoms with E-state index in [-0.39, 0.29) is 30.0 Å². The molecule has 2 aromatic carbocycles. The number of amides is 4. The highest BCUT2D eigenvalue weighted by atomic mass is 31.2. The van der Waals surface area contributed by atoms with Crippen LogP contribution in [0.15, 0.2) is 48.5 Å². The first-order chi connectivity index (χ1) is 19.3. The molecule has 0 spiro atoms. The maximum atomic E-state index is 13.8. The summed E-state index contributed by atoms with van der Waals surface area (Å²) in [5, 5.41) is 5.68. The van der Waals surface area contributed by atoms with Gasteiger partial charge in [-0.25, -0.2) is 4.57 Å². The second kappa shape index (κ2) is 12.3. The Hall–Kier alpha value is -3.99. The number of nitrogens with zero attached hydrogens (tertiary/aromatic N) is 1. The summed E-state index contributed by atoms with van der Waals surface area (Å²) in [5.74, 6) is -1.69. The number of allylic oxidation sites excluding steroid dienone is 1. The van der Waals surface area contributed by atoms with Crippen LogP contribution in [0, 0.1) is 0 Å². The Morgan fingerprint density at radius 3 is 2.51 bits per heavy atom. The van der Waals surface area contributed by atoms with Crippen molar-refractivity contribution >= 4 is 42.7 Å². The molecular weight excluding hydrogens is 551 g/mol. The van der Waals surface area contributed by atoms with Gasteiger partial charge in [-0.2, -0.15) is 0 Å². The quantitative estimate of drug-likeness (QED) is 0.206. The smallest absolute Gasteiger partial charge is 0.404 e. The van der Waals surface area contributed by atoms with Crippen molar-refractivity contribution in [1.82, 2.24) is 10.6 Å². The molecule has 0 bridgehead atoms. The van der Waals surface area contributed by atoms with Crippen LogP contribution in [0.5, 0.6) is 5.75 Å². The van der Waals surface area contributed by atoms with Crippen LogP contribution >= 0.6 is 7.82 Å². The third-order valence-electron chi connectivity index (χ3n) is 7.12. The molecule has 0 fully saturated rings. The molecule has 218 valence electrons. The van der Waals surface area contributed by atoms with Gasteiger partial charge in [-0.05, 0) is 67.5 Å². The lowest BCUT2D eigenvalue weighted by molar-refractivity contribution is -0.128. The summed E-state index contributed by atoms with van der Waals surface area (Å²) in [6.07, 6.45) is 3.07. The van der Waals surface area contributed by atoms with Crippen molar-refractivity contribution in [3.63, 3.8) is 0 Å². The summed E-state index contributed by atoms with van der Waals surface area (Å²) in [7, 11) is -4.69. The minimum atomic E-state index is -4.69. The third kappa shape index (κ3) is 7.40. The number of hydrogen-bond donors (Lipinski definition) is 5. The maximum Gasteiger partial charge on any atom is 0.524 e. The maximum absolute atomic E-state index is 13.8. The highest BCUT2D eigenvalue weighted by Crippen LogP contribution is 2.39. The summed E-state index contributed by atoms with van der Waals surface area (Å²) >= 11 is 0. The molecule has 0 aliphatic carbocycles. The number of phosphoric acid groups is 1. The largest absolute Gasteiger partial charge is 0.524 e. The van der Waals surface area contributed by atoms with Crippen molar-refractivity contribution in [1.29, 1.82) is 0 Å². The van der Waals surface area contributed by atoms with E-state index >= 15 is 0 Å². The summed E-state index contributed by atoms with van der Waals surface area (Å²) < 4.78 is 15.6. The number of nitrogens with one attached hydrogen (secondary N) is 2. The molecule has 3 atom stereocenters. The number of benzene rings is 2. The number of para-hydroxylation sites is 1. The van der Waals surface area contributed by atoms with Crippen molar-refractivity contribution in [2.24, 2.45) is 5.73 Å². The average molecular weight is 585 g/mol. The minimum absolute atomic E-state index is 0.0196. The van der Waals surface area contributed by atoms with Gasteiger partial charge in [0.15, 0.2) is 0 Å². The minimum Gasteiger partial charge on any atom is -0.404 e. The molecule has 12 nitrogen and oxygen atoms in total. The predicted octanol–water partition coefficient (Wildman–Crippen LogP) is 1.72. The molecule has 6 N–H and O–H groups in total. The second-order valence-corrected chi connectivity index (χ2v) is 11.5. The average Bonchev–Trinajstić information content (AvgIpc) is 3.23. The van der Waals surface area contributed by atoms with Crippen molar-refractivity contribution in [3.05, 3.63) is 65.2 Å². The molecule has 0 aromatic heterocycles. The summed E-state index contributed by atoms with van der Waals surface area (Å²) in [6, 6.07) is 9.59. The lowest BCUT2D eigenvalue weighted by Gasteiger charge is -2.28. The summed E-state index contributed by atoms with van der Waals surface area (Å²) in [4.78, 5) is 70.6. The number of primary amides is 1. The SMILES string of the molecule is C/C(=C\C(=O)N[C@H]1CCc2cccc3c2N(C1=O)[C@H](C(=O)N[C@H](C)CCC(N)=O)C3)c1ccc(OP(=O)(O)O)cc1. The zero-order valence-corrected chi connectivity index (χ0v) is 23.6. The van der Waals surface area contributed by atoms with Crippen molar-refractivity contribution in [2.45, 2.75) is 64.1 Å². The van der Waals surface area contributed by atoms with Crippen LogP contribution in [0.25, 0.3) is 5.57 Å². The molecule has 2 aromatic rings. The fourth-order valence-corrected chi connectivity index (χ4v) is 5.55. The Balaban J connectivity index is 1.49. The number of carbonyl (C=O) groups is 4.